The Balaban J connectivity index is 1.45. The molecule has 2 aromatic carbocycles. The summed E-state index contributed by atoms with van der Waals surface area (Å²) in [5, 5.41) is 6.42. The van der Waals surface area contributed by atoms with Crippen LogP contribution in [0.25, 0.3) is 11.1 Å². The number of aromatic nitrogens is 2. The van der Waals surface area contributed by atoms with E-state index >= 15 is 0 Å². The number of halogens is 4. The number of aryl methyl sites for hydroxylation is 1. The molecule has 0 radical (unpaired) electrons. The minimum absolute atomic E-state index is 0.00901. The van der Waals surface area contributed by atoms with Gasteiger partial charge in [0.2, 0.25) is 5.91 Å². The van der Waals surface area contributed by atoms with Crippen LogP contribution in [-0.4, -0.2) is 70.4 Å². The van der Waals surface area contributed by atoms with Gasteiger partial charge in [0.15, 0.2) is 15.4 Å². The van der Waals surface area contributed by atoms with E-state index in [9.17, 15) is 40.4 Å². The van der Waals surface area contributed by atoms with Crippen molar-refractivity contribution in [3.05, 3.63) is 71.8 Å². The first kappa shape index (κ1) is 28.3. The number of amides is 4. The molecule has 15 heteroatoms. The number of hydrogen-bond donors (Lipinski definition) is 1. The Kier molecular flexibility index (Phi) is 6.67. The number of fused-ring (bicyclic) bond motifs is 2. The minimum atomic E-state index is -4.85. The van der Waals surface area contributed by atoms with Gasteiger partial charge in [-0.1, -0.05) is 24.3 Å². The molecule has 2 aliphatic rings. The third-order valence-electron chi connectivity index (χ3n) is 7.22. The van der Waals surface area contributed by atoms with Crippen molar-refractivity contribution in [2.75, 3.05) is 12.3 Å². The van der Waals surface area contributed by atoms with Gasteiger partial charge in [-0.05, 0) is 36.2 Å². The fourth-order valence-electron chi connectivity index (χ4n) is 5.00. The van der Waals surface area contributed by atoms with Crippen LogP contribution in [0.5, 0.6) is 0 Å². The molecular formula is C26H23F4N5O5S. The van der Waals surface area contributed by atoms with Crippen molar-refractivity contribution in [2.24, 2.45) is 7.05 Å². The van der Waals surface area contributed by atoms with Crippen LogP contribution in [0.3, 0.4) is 0 Å². The van der Waals surface area contributed by atoms with Gasteiger partial charge in [0.05, 0.1) is 16.8 Å². The van der Waals surface area contributed by atoms with Crippen LogP contribution in [0.2, 0.25) is 0 Å². The van der Waals surface area contributed by atoms with E-state index in [1.807, 2.05) is 0 Å². The molecule has 0 unspecified atom stereocenters. The first-order valence-electron chi connectivity index (χ1n) is 12.2. The molecule has 4 amide bonds. The van der Waals surface area contributed by atoms with Gasteiger partial charge in [-0.3, -0.25) is 19.2 Å². The average molecular weight is 594 g/mol. The number of hydrogen-bond acceptors (Lipinski definition) is 6. The summed E-state index contributed by atoms with van der Waals surface area (Å²) in [6.45, 7) is -0.908. The predicted molar refractivity (Wildman–Crippen MR) is 135 cm³/mol. The summed E-state index contributed by atoms with van der Waals surface area (Å²) in [6, 6.07) is 5.34. The van der Waals surface area contributed by atoms with Crippen LogP contribution in [0.1, 0.15) is 18.1 Å². The first-order valence-corrected chi connectivity index (χ1v) is 13.9. The van der Waals surface area contributed by atoms with Crippen LogP contribution in [0.4, 0.5) is 22.4 Å². The van der Waals surface area contributed by atoms with Gasteiger partial charge in [0.25, 0.3) is 5.91 Å². The number of urea groups is 1. The van der Waals surface area contributed by atoms with E-state index in [2.05, 4.69) is 10.4 Å². The number of carbonyl (C=O) groups is 3. The molecule has 1 fully saturated rings. The van der Waals surface area contributed by atoms with Crippen molar-refractivity contribution >= 4 is 27.7 Å². The standard InChI is InChI=1S/C26H23F4N5O5S/c1-15(26(28,29)30)34(11-16-3-6-19(27)7-4-16)22(36)13-35-23(37)25(32-24(35)38)14-41(39,40)21-9-17(5-8-20(21)25)18-10-31-33(2)12-18/h3-10,12,15H,11,13-14H2,1-2H3,(H,32,38)/t15-,25+/m0/s1. The molecule has 3 aromatic rings. The van der Waals surface area contributed by atoms with E-state index < -0.39 is 70.1 Å². The Morgan fingerprint density at radius 3 is 2.44 bits per heavy atom. The van der Waals surface area contributed by atoms with Gasteiger partial charge < -0.3 is 10.2 Å². The van der Waals surface area contributed by atoms with E-state index in [1.54, 1.807) is 19.3 Å². The summed E-state index contributed by atoms with van der Waals surface area (Å²) in [5.74, 6) is -3.74. The molecule has 0 aliphatic carbocycles. The lowest BCUT2D eigenvalue weighted by Gasteiger charge is -2.32. The number of nitrogens with one attached hydrogen (secondary N) is 1. The summed E-state index contributed by atoms with van der Waals surface area (Å²) in [7, 11) is -2.40. The molecule has 1 spiro atoms. The maximum absolute atomic E-state index is 13.7. The lowest BCUT2D eigenvalue weighted by molar-refractivity contribution is -0.187. The van der Waals surface area contributed by atoms with Crippen LogP contribution in [0, 0.1) is 5.82 Å². The molecule has 5 rings (SSSR count). The maximum atomic E-state index is 13.7. The van der Waals surface area contributed by atoms with E-state index in [0.717, 1.165) is 19.1 Å². The predicted octanol–water partition coefficient (Wildman–Crippen LogP) is 2.74. The number of rotatable bonds is 6. The summed E-state index contributed by atoms with van der Waals surface area (Å²) in [5.41, 5.74) is -0.759. The zero-order valence-corrected chi connectivity index (χ0v) is 22.5. The molecule has 3 heterocycles. The second-order valence-electron chi connectivity index (χ2n) is 9.97. The molecule has 2 aliphatic heterocycles. The molecule has 0 saturated carbocycles. The lowest BCUT2D eigenvalue weighted by atomic mass is 9.91. The molecule has 1 saturated heterocycles. The van der Waals surface area contributed by atoms with Gasteiger partial charge in [-0.15, -0.1) is 0 Å². The van der Waals surface area contributed by atoms with Crippen molar-refractivity contribution in [1.82, 2.24) is 24.9 Å². The Labute approximate surface area is 231 Å². The maximum Gasteiger partial charge on any atom is 0.408 e. The fourth-order valence-corrected chi connectivity index (χ4v) is 6.96. The zero-order valence-electron chi connectivity index (χ0n) is 21.6. The van der Waals surface area contributed by atoms with E-state index in [-0.39, 0.29) is 16.0 Å². The monoisotopic (exact) mass is 593 g/mol. The normalized spacial score (nSPS) is 20.3. The van der Waals surface area contributed by atoms with Gasteiger partial charge in [-0.2, -0.15) is 18.3 Å². The van der Waals surface area contributed by atoms with Crippen molar-refractivity contribution in [3.8, 4) is 11.1 Å². The first-order chi connectivity index (χ1) is 19.1. The fraction of sp³-hybridized carbons (Fsp3) is 0.308. The van der Waals surface area contributed by atoms with Crippen LogP contribution >= 0.6 is 0 Å². The number of imide groups is 1. The highest BCUT2D eigenvalue weighted by atomic mass is 32.2. The topological polar surface area (TPSA) is 122 Å². The molecule has 1 aromatic heterocycles. The molecular weight excluding hydrogens is 570 g/mol. The van der Waals surface area contributed by atoms with E-state index in [4.69, 9.17) is 0 Å². The Hall–Kier alpha value is -4.27. The minimum Gasteiger partial charge on any atom is -0.325 e. The molecule has 1 N–H and O–H groups in total. The Morgan fingerprint density at radius 2 is 1.83 bits per heavy atom. The second kappa shape index (κ2) is 9.68. The van der Waals surface area contributed by atoms with E-state index in [1.165, 1.54) is 35.1 Å². The summed E-state index contributed by atoms with van der Waals surface area (Å²) in [6.07, 6.45) is -1.66. The molecule has 10 nitrogen and oxygen atoms in total. The molecule has 41 heavy (non-hydrogen) atoms. The average Bonchev–Trinajstić information content (AvgIpc) is 3.50. The SMILES string of the molecule is C[C@H](N(Cc1ccc(F)cc1)C(=O)CN1C(=O)N[C@@]2(CS(=O)(=O)c3cc(-c4cnn(C)c4)ccc32)C1=O)C(F)(F)F. The number of nitrogens with zero attached hydrogens (tertiary/aromatic N) is 4. The van der Waals surface area contributed by atoms with Crippen molar-refractivity contribution in [2.45, 2.75) is 36.1 Å². The van der Waals surface area contributed by atoms with Crippen molar-refractivity contribution in [1.29, 1.82) is 0 Å². The van der Waals surface area contributed by atoms with Gasteiger partial charge >= 0.3 is 12.2 Å². The highest BCUT2D eigenvalue weighted by Crippen LogP contribution is 2.43. The molecule has 0 bridgehead atoms. The molecule has 2 atom stereocenters. The highest BCUT2D eigenvalue weighted by molar-refractivity contribution is 7.92. The third-order valence-corrected chi connectivity index (χ3v) is 9.04. The van der Waals surface area contributed by atoms with Crippen molar-refractivity contribution in [3.63, 3.8) is 0 Å². The van der Waals surface area contributed by atoms with Gasteiger partial charge in [-0.25, -0.2) is 17.6 Å². The highest BCUT2D eigenvalue weighted by Gasteiger charge is 2.60. The molecule has 216 valence electrons. The zero-order chi connectivity index (χ0) is 29.9. The van der Waals surface area contributed by atoms with Crippen LogP contribution in [0.15, 0.2) is 59.8 Å². The summed E-state index contributed by atoms with van der Waals surface area (Å²) < 4.78 is 82.1. The largest absolute Gasteiger partial charge is 0.408 e. The Morgan fingerprint density at radius 1 is 1.15 bits per heavy atom. The Bertz CT molecular complexity index is 1670. The van der Waals surface area contributed by atoms with Crippen molar-refractivity contribution < 1.29 is 40.4 Å². The number of alkyl halides is 3. The number of benzene rings is 2. The van der Waals surface area contributed by atoms with Gasteiger partial charge in [0.1, 0.15) is 18.4 Å². The smallest absolute Gasteiger partial charge is 0.325 e. The third kappa shape index (κ3) is 4.94. The summed E-state index contributed by atoms with van der Waals surface area (Å²) >= 11 is 0. The van der Waals surface area contributed by atoms with Crippen LogP contribution in [-0.2, 0) is 38.6 Å². The van der Waals surface area contributed by atoms with Crippen LogP contribution < -0.4 is 5.32 Å². The second-order valence-corrected chi connectivity index (χ2v) is 11.9. The van der Waals surface area contributed by atoms with Gasteiger partial charge in [0, 0.05) is 30.9 Å². The number of carbonyl (C=O) groups excluding carboxylic acids is 3. The van der Waals surface area contributed by atoms with E-state index in [0.29, 0.717) is 20.9 Å². The lowest BCUT2D eigenvalue weighted by Crippen LogP contribution is -2.51. The quantitative estimate of drug-likeness (QED) is 0.347. The summed E-state index contributed by atoms with van der Waals surface area (Å²) in [4.78, 5) is 40.4. The number of sulfone groups is 1.